The molecule has 2 aliphatic rings. The van der Waals surface area contributed by atoms with E-state index in [1.165, 1.54) is 24.3 Å². The minimum absolute atomic E-state index is 0.0745. The summed E-state index contributed by atoms with van der Waals surface area (Å²) in [5.41, 5.74) is 0.554. The number of carbonyl (C=O) groups excluding carboxylic acids is 4. The third-order valence-electron chi connectivity index (χ3n) is 7.07. The topological polar surface area (TPSA) is 142 Å². The van der Waals surface area contributed by atoms with E-state index in [2.05, 4.69) is 13.2 Å². The Kier molecular flexibility index (Phi) is 12.3. The third-order valence-corrected chi connectivity index (χ3v) is 7.07. The highest BCUT2D eigenvalue weighted by Crippen LogP contribution is 2.32. The van der Waals surface area contributed by atoms with Crippen LogP contribution in [0.25, 0.3) is 0 Å². The molecule has 2 unspecified atom stereocenters. The van der Waals surface area contributed by atoms with E-state index in [1.807, 2.05) is 13.8 Å². The highest BCUT2D eigenvalue weighted by Gasteiger charge is 2.51. The summed E-state index contributed by atoms with van der Waals surface area (Å²) in [6, 6.07) is 12.5. The van der Waals surface area contributed by atoms with Gasteiger partial charge in [-0.1, -0.05) is 27.0 Å². The van der Waals surface area contributed by atoms with Crippen LogP contribution < -0.4 is 9.47 Å². The molecule has 0 aliphatic carbocycles. The molecule has 12 nitrogen and oxygen atoms in total. The first-order chi connectivity index (χ1) is 22.2. The van der Waals surface area contributed by atoms with Gasteiger partial charge in [0, 0.05) is 25.0 Å². The van der Waals surface area contributed by atoms with Crippen LogP contribution in [-0.4, -0.2) is 74.1 Å². The minimum atomic E-state index is -0.783. The SMILES string of the molecule is C=CC(=O)OC(CCC)Oc1ccc(C(=O)O[C@H]2CO[C@H]3[C@@H]2OC[C@H]3OC(=O)c2ccc(OC(CCC)OC(=O)C=C)cc2)cc1. The molecule has 2 saturated heterocycles. The fourth-order valence-electron chi connectivity index (χ4n) is 4.80. The minimum Gasteiger partial charge on any atom is -0.455 e. The zero-order chi connectivity index (χ0) is 33.1. The molecule has 46 heavy (non-hydrogen) atoms. The molecule has 12 heteroatoms. The Morgan fingerprint density at radius 3 is 1.39 bits per heavy atom. The number of benzene rings is 2. The fourth-order valence-corrected chi connectivity index (χ4v) is 4.80. The van der Waals surface area contributed by atoms with Crippen LogP contribution in [0.15, 0.2) is 73.8 Å². The van der Waals surface area contributed by atoms with Crippen LogP contribution in [0.3, 0.4) is 0 Å². The average Bonchev–Trinajstić information content (AvgIpc) is 3.64. The first-order valence-corrected chi connectivity index (χ1v) is 15.1. The van der Waals surface area contributed by atoms with Gasteiger partial charge in [-0.05, 0) is 61.4 Å². The normalized spacial score (nSPS) is 21.2. The lowest BCUT2D eigenvalue weighted by molar-refractivity contribution is -0.159. The van der Waals surface area contributed by atoms with Crippen LogP contribution in [0.4, 0.5) is 0 Å². The summed E-state index contributed by atoms with van der Waals surface area (Å²) in [6.45, 7) is 10.8. The van der Waals surface area contributed by atoms with Crippen LogP contribution in [0, 0.1) is 0 Å². The quantitative estimate of drug-likeness (QED) is 0.109. The highest BCUT2D eigenvalue weighted by molar-refractivity contribution is 5.90. The summed E-state index contributed by atoms with van der Waals surface area (Å²) in [7, 11) is 0. The molecule has 6 atom stereocenters. The van der Waals surface area contributed by atoms with Gasteiger partial charge in [-0.3, -0.25) is 0 Å². The number of esters is 4. The van der Waals surface area contributed by atoms with Crippen molar-refractivity contribution >= 4 is 23.9 Å². The van der Waals surface area contributed by atoms with Gasteiger partial charge >= 0.3 is 23.9 Å². The van der Waals surface area contributed by atoms with Gasteiger partial charge < -0.3 is 37.9 Å². The zero-order valence-corrected chi connectivity index (χ0v) is 25.8. The molecule has 2 aromatic rings. The van der Waals surface area contributed by atoms with Crippen molar-refractivity contribution in [2.24, 2.45) is 0 Å². The van der Waals surface area contributed by atoms with Crippen molar-refractivity contribution in [3.8, 4) is 11.5 Å². The van der Waals surface area contributed by atoms with Crippen LogP contribution in [0.5, 0.6) is 11.5 Å². The second-order valence-corrected chi connectivity index (χ2v) is 10.5. The summed E-state index contributed by atoms with van der Waals surface area (Å²) in [6.07, 6.45) is 0.379. The Hall–Kier alpha value is -4.68. The standard InChI is InChI=1S/C34H38O12/c1-5-9-29(45-27(35)7-3)41-23-15-11-21(12-16-23)33(37)43-25-19-39-32-26(20-40-31(25)32)44-34(38)22-13-17-24(18-14-22)42-30(10-6-2)46-28(36)8-4/h7-8,11-18,25-26,29-32H,3-6,9-10,19-20H2,1-2H3/t25-,26+,29?,30?,31-,32-/m1/s1. The van der Waals surface area contributed by atoms with Gasteiger partial charge in [0.25, 0.3) is 0 Å². The average molecular weight is 639 g/mol. The Balaban J connectivity index is 1.27. The summed E-state index contributed by atoms with van der Waals surface area (Å²) < 4.78 is 44.8. The van der Waals surface area contributed by atoms with Gasteiger partial charge in [0.05, 0.1) is 24.3 Å². The monoisotopic (exact) mass is 638 g/mol. The first kappa shape index (κ1) is 34.2. The van der Waals surface area contributed by atoms with Crippen LogP contribution in [0.1, 0.15) is 60.2 Å². The largest absolute Gasteiger partial charge is 0.455 e. The molecule has 2 aliphatic heterocycles. The van der Waals surface area contributed by atoms with E-state index in [-0.39, 0.29) is 24.3 Å². The van der Waals surface area contributed by atoms with Crippen molar-refractivity contribution in [1.29, 1.82) is 0 Å². The second-order valence-electron chi connectivity index (χ2n) is 10.5. The number of hydrogen-bond acceptors (Lipinski definition) is 12. The molecule has 2 heterocycles. The summed E-state index contributed by atoms with van der Waals surface area (Å²) in [4.78, 5) is 48.9. The van der Waals surface area contributed by atoms with E-state index < -0.39 is 60.9 Å². The van der Waals surface area contributed by atoms with Crippen molar-refractivity contribution < 1.29 is 57.1 Å². The molecular weight excluding hydrogens is 600 g/mol. The lowest BCUT2D eigenvalue weighted by atomic mass is 10.1. The van der Waals surface area contributed by atoms with Gasteiger partial charge in [-0.15, -0.1) is 0 Å². The number of hydrogen-bond donors (Lipinski definition) is 0. The molecule has 0 saturated carbocycles. The second kappa shape index (κ2) is 16.6. The Labute approximate surface area is 267 Å². The predicted octanol–water partition coefficient (Wildman–Crippen LogP) is 4.70. The van der Waals surface area contributed by atoms with E-state index in [0.29, 0.717) is 24.3 Å². The Bertz CT molecular complexity index is 1260. The van der Waals surface area contributed by atoms with Gasteiger partial charge in [0.1, 0.15) is 23.7 Å². The van der Waals surface area contributed by atoms with Crippen molar-refractivity contribution in [1.82, 2.24) is 0 Å². The van der Waals surface area contributed by atoms with Gasteiger partial charge in [0.2, 0.25) is 12.6 Å². The van der Waals surface area contributed by atoms with E-state index in [4.69, 9.17) is 37.9 Å². The molecule has 0 spiro atoms. The lowest BCUT2D eigenvalue weighted by Gasteiger charge is -2.19. The molecule has 0 bridgehead atoms. The maximum atomic E-state index is 12.9. The van der Waals surface area contributed by atoms with Crippen LogP contribution in [-0.2, 0) is 38.0 Å². The molecule has 0 amide bonds. The summed E-state index contributed by atoms with van der Waals surface area (Å²) in [5, 5.41) is 0. The molecule has 2 aromatic carbocycles. The molecule has 246 valence electrons. The molecular formula is C34H38O12. The van der Waals surface area contributed by atoms with Crippen molar-refractivity contribution in [3.05, 3.63) is 85.0 Å². The van der Waals surface area contributed by atoms with E-state index >= 15 is 0 Å². The summed E-state index contributed by atoms with van der Waals surface area (Å²) in [5.74, 6) is -1.53. The maximum absolute atomic E-state index is 12.9. The van der Waals surface area contributed by atoms with Crippen molar-refractivity contribution in [3.63, 3.8) is 0 Å². The Morgan fingerprint density at radius 1 is 0.696 bits per heavy atom. The maximum Gasteiger partial charge on any atom is 0.338 e. The number of rotatable bonds is 16. The van der Waals surface area contributed by atoms with Crippen LogP contribution >= 0.6 is 0 Å². The number of carbonyl (C=O) groups is 4. The predicted molar refractivity (Wildman–Crippen MR) is 162 cm³/mol. The fraction of sp³-hybridized carbons (Fsp3) is 0.412. The summed E-state index contributed by atoms with van der Waals surface area (Å²) >= 11 is 0. The van der Waals surface area contributed by atoms with Gasteiger partial charge in [-0.2, -0.15) is 0 Å². The smallest absolute Gasteiger partial charge is 0.338 e. The third kappa shape index (κ3) is 9.18. The Morgan fingerprint density at radius 2 is 1.07 bits per heavy atom. The molecule has 2 fully saturated rings. The van der Waals surface area contributed by atoms with Crippen molar-refractivity contribution in [2.75, 3.05) is 13.2 Å². The zero-order valence-electron chi connectivity index (χ0n) is 25.8. The number of ether oxygens (including phenoxy) is 8. The van der Waals surface area contributed by atoms with E-state index in [0.717, 1.165) is 25.0 Å². The first-order valence-electron chi connectivity index (χ1n) is 15.1. The van der Waals surface area contributed by atoms with Crippen LogP contribution in [0.2, 0.25) is 0 Å². The number of fused-ring (bicyclic) bond motifs is 1. The lowest BCUT2D eigenvalue weighted by Crippen LogP contribution is -2.36. The highest BCUT2D eigenvalue weighted by atomic mass is 16.7. The van der Waals surface area contributed by atoms with Gasteiger partial charge in [-0.25, -0.2) is 19.2 Å². The van der Waals surface area contributed by atoms with Crippen molar-refractivity contribution in [2.45, 2.75) is 76.5 Å². The molecule has 0 N–H and O–H groups in total. The van der Waals surface area contributed by atoms with E-state index in [1.54, 1.807) is 24.3 Å². The van der Waals surface area contributed by atoms with E-state index in [9.17, 15) is 19.2 Å². The molecule has 0 aromatic heterocycles. The molecule has 4 rings (SSSR count). The molecule has 0 radical (unpaired) electrons. The van der Waals surface area contributed by atoms with Gasteiger partial charge in [0.15, 0.2) is 12.2 Å².